The van der Waals surface area contributed by atoms with E-state index in [9.17, 15) is 8.78 Å². The lowest BCUT2D eigenvalue weighted by atomic mass is 10.1. The SMILES string of the molecule is CC(C)(C)[Si](C)(C)OCc1cccc(N2CC(F)(F)C2)n1. The van der Waals surface area contributed by atoms with Crippen LogP contribution in [0.3, 0.4) is 0 Å². The number of hydrogen-bond donors (Lipinski definition) is 0. The summed E-state index contributed by atoms with van der Waals surface area (Å²) in [6.07, 6.45) is 0. The highest BCUT2D eigenvalue weighted by atomic mass is 28.4. The fourth-order valence-electron chi connectivity index (χ4n) is 1.87. The molecule has 1 aliphatic rings. The Morgan fingerprint density at radius 2 is 1.90 bits per heavy atom. The highest BCUT2D eigenvalue weighted by Crippen LogP contribution is 2.37. The van der Waals surface area contributed by atoms with Gasteiger partial charge in [-0.3, -0.25) is 0 Å². The molecule has 1 aromatic rings. The van der Waals surface area contributed by atoms with Crippen molar-refractivity contribution in [3.05, 3.63) is 23.9 Å². The van der Waals surface area contributed by atoms with Gasteiger partial charge in [0.25, 0.3) is 5.92 Å². The van der Waals surface area contributed by atoms with Crippen molar-refractivity contribution in [1.29, 1.82) is 0 Å². The molecule has 2 rings (SSSR count). The molecule has 6 heteroatoms. The fourth-order valence-corrected chi connectivity index (χ4v) is 2.81. The molecule has 0 aliphatic carbocycles. The zero-order valence-electron chi connectivity index (χ0n) is 13.4. The van der Waals surface area contributed by atoms with E-state index in [1.807, 2.05) is 12.1 Å². The van der Waals surface area contributed by atoms with Gasteiger partial charge in [-0.25, -0.2) is 13.8 Å². The van der Waals surface area contributed by atoms with Crippen molar-refractivity contribution in [1.82, 2.24) is 4.98 Å². The van der Waals surface area contributed by atoms with Crippen LogP contribution in [0.2, 0.25) is 18.1 Å². The van der Waals surface area contributed by atoms with Gasteiger partial charge in [0.2, 0.25) is 0 Å². The molecule has 118 valence electrons. The van der Waals surface area contributed by atoms with E-state index in [2.05, 4.69) is 38.8 Å². The first-order valence-corrected chi connectivity index (χ1v) is 10.1. The van der Waals surface area contributed by atoms with Gasteiger partial charge in [0.05, 0.1) is 25.4 Å². The number of rotatable bonds is 4. The maximum atomic E-state index is 12.9. The molecule has 0 atom stereocenters. The van der Waals surface area contributed by atoms with Gasteiger partial charge in [0.1, 0.15) is 5.82 Å². The van der Waals surface area contributed by atoms with Crippen molar-refractivity contribution in [3.63, 3.8) is 0 Å². The van der Waals surface area contributed by atoms with E-state index in [-0.39, 0.29) is 18.1 Å². The summed E-state index contributed by atoms with van der Waals surface area (Å²) < 4.78 is 32.0. The van der Waals surface area contributed by atoms with Crippen LogP contribution in [-0.2, 0) is 11.0 Å². The van der Waals surface area contributed by atoms with Crippen LogP contribution in [0.5, 0.6) is 0 Å². The molecule has 0 spiro atoms. The van der Waals surface area contributed by atoms with E-state index in [4.69, 9.17) is 4.43 Å². The first kappa shape index (κ1) is 16.4. The Hall–Kier alpha value is -1.01. The van der Waals surface area contributed by atoms with Crippen LogP contribution in [0.1, 0.15) is 26.5 Å². The zero-order chi connectivity index (χ0) is 15.9. The van der Waals surface area contributed by atoms with Gasteiger partial charge in [-0.05, 0) is 30.3 Å². The smallest absolute Gasteiger partial charge is 0.282 e. The number of pyridine rings is 1. The molecule has 0 radical (unpaired) electrons. The summed E-state index contributed by atoms with van der Waals surface area (Å²) in [5.74, 6) is -1.97. The average molecular weight is 314 g/mol. The van der Waals surface area contributed by atoms with Gasteiger partial charge in [-0.1, -0.05) is 26.8 Å². The Morgan fingerprint density at radius 3 is 2.43 bits per heavy atom. The summed E-state index contributed by atoms with van der Waals surface area (Å²) in [5.41, 5.74) is 0.799. The van der Waals surface area contributed by atoms with Crippen molar-refractivity contribution in [2.75, 3.05) is 18.0 Å². The van der Waals surface area contributed by atoms with E-state index >= 15 is 0 Å². The molecule has 0 saturated carbocycles. The maximum absolute atomic E-state index is 12.9. The second kappa shape index (κ2) is 5.32. The number of alkyl halides is 2. The van der Waals surface area contributed by atoms with Crippen LogP contribution in [-0.4, -0.2) is 32.3 Å². The lowest BCUT2D eigenvalue weighted by Gasteiger charge is -2.39. The molecular weight excluding hydrogens is 290 g/mol. The number of halogens is 2. The normalized spacial score (nSPS) is 18.5. The minimum Gasteiger partial charge on any atom is -0.411 e. The van der Waals surface area contributed by atoms with Gasteiger partial charge in [-0.2, -0.15) is 0 Å². The molecule has 1 fully saturated rings. The number of nitrogens with zero attached hydrogens (tertiary/aromatic N) is 2. The third-order valence-corrected chi connectivity index (χ3v) is 8.83. The Morgan fingerprint density at radius 1 is 1.29 bits per heavy atom. The monoisotopic (exact) mass is 314 g/mol. The summed E-state index contributed by atoms with van der Waals surface area (Å²) in [5, 5.41) is 0.143. The van der Waals surface area contributed by atoms with E-state index in [0.717, 1.165) is 5.69 Å². The molecule has 0 bridgehead atoms. The second-order valence-electron chi connectivity index (χ2n) is 7.25. The first-order valence-electron chi connectivity index (χ1n) is 7.23. The average Bonchev–Trinajstić information content (AvgIpc) is 2.32. The van der Waals surface area contributed by atoms with Crippen LogP contribution < -0.4 is 4.90 Å². The summed E-state index contributed by atoms with van der Waals surface area (Å²) in [6.45, 7) is 10.9. The van der Waals surface area contributed by atoms with Crippen molar-refractivity contribution in [2.45, 2.75) is 51.4 Å². The molecule has 0 aromatic carbocycles. The van der Waals surface area contributed by atoms with E-state index < -0.39 is 14.2 Å². The van der Waals surface area contributed by atoms with Crippen LogP contribution >= 0.6 is 0 Å². The lowest BCUT2D eigenvalue weighted by Crippen LogP contribution is -2.56. The molecule has 0 unspecified atom stereocenters. The van der Waals surface area contributed by atoms with Crippen LogP contribution in [0, 0.1) is 0 Å². The molecule has 3 nitrogen and oxygen atoms in total. The number of aromatic nitrogens is 1. The predicted molar refractivity (Wildman–Crippen MR) is 83.4 cm³/mol. The van der Waals surface area contributed by atoms with Crippen LogP contribution in [0.15, 0.2) is 18.2 Å². The summed E-state index contributed by atoms with van der Waals surface area (Å²) in [6, 6.07) is 5.50. The topological polar surface area (TPSA) is 25.4 Å². The molecule has 21 heavy (non-hydrogen) atoms. The van der Waals surface area contributed by atoms with Crippen LogP contribution in [0.4, 0.5) is 14.6 Å². The van der Waals surface area contributed by atoms with Gasteiger partial charge in [0.15, 0.2) is 8.32 Å². The molecule has 1 aromatic heterocycles. The highest BCUT2D eigenvalue weighted by molar-refractivity contribution is 6.74. The summed E-state index contributed by atoms with van der Waals surface area (Å²) in [7, 11) is -1.82. The van der Waals surface area contributed by atoms with Crippen molar-refractivity contribution >= 4 is 14.1 Å². The second-order valence-corrected chi connectivity index (χ2v) is 12.1. The Balaban J connectivity index is 1.99. The Bertz CT molecular complexity index is 507. The standard InChI is InChI=1S/C15H24F2N2OSi/c1-14(2,3)21(4,5)20-9-12-7-6-8-13(18-12)19-10-15(16,17)11-19/h6-8H,9-11H2,1-5H3. The number of anilines is 1. The third-order valence-electron chi connectivity index (χ3n) is 4.35. The Labute approximate surface area is 126 Å². The highest BCUT2D eigenvalue weighted by Gasteiger charge is 2.44. The molecule has 2 heterocycles. The van der Waals surface area contributed by atoms with E-state index in [1.165, 1.54) is 0 Å². The predicted octanol–water partition coefficient (Wildman–Crippen LogP) is 4.06. The van der Waals surface area contributed by atoms with Gasteiger partial charge in [0, 0.05) is 0 Å². The van der Waals surface area contributed by atoms with Crippen molar-refractivity contribution in [3.8, 4) is 0 Å². The quantitative estimate of drug-likeness (QED) is 0.784. The molecule has 1 aliphatic heterocycles. The molecule has 0 amide bonds. The zero-order valence-corrected chi connectivity index (χ0v) is 14.4. The van der Waals surface area contributed by atoms with Crippen molar-refractivity contribution in [2.24, 2.45) is 0 Å². The first-order chi connectivity index (χ1) is 9.50. The minimum atomic E-state index is -2.57. The molecular formula is C15H24F2N2OSi. The van der Waals surface area contributed by atoms with E-state index in [1.54, 1.807) is 11.0 Å². The van der Waals surface area contributed by atoms with Gasteiger partial charge >= 0.3 is 0 Å². The fraction of sp³-hybridized carbons (Fsp3) is 0.667. The summed E-state index contributed by atoms with van der Waals surface area (Å²) in [4.78, 5) is 6.03. The molecule has 1 saturated heterocycles. The van der Waals surface area contributed by atoms with Gasteiger partial charge in [-0.15, -0.1) is 0 Å². The van der Waals surface area contributed by atoms with Crippen molar-refractivity contribution < 1.29 is 13.2 Å². The minimum absolute atomic E-state index is 0.143. The van der Waals surface area contributed by atoms with Crippen LogP contribution in [0.25, 0.3) is 0 Å². The lowest BCUT2D eigenvalue weighted by molar-refractivity contribution is -0.0267. The van der Waals surface area contributed by atoms with Gasteiger partial charge < -0.3 is 9.33 Å². The molecule has 0 N–H and O–H groups in total. The van der Waals surface area contributed by atoms with E-state index in [0.29, 0.717) is 12.4 Å². The maximum Gasteiger partial charge on any atom is 0.282 e. The third kappa shape index (κ3) is 3.80. The largest absolute Gasteiger partial charge is 0.411 e. The number of hydrogen-bond acceptors (Lipinski definition) is 3. The summed E-state index contributed by atoms with van der Waals surface area (Å²) >= 11 is 0. The Kier molecular flexibility index (Phi) is 4.14.